The molecule has 2 unspecified atom stereocenters. The predicted molar refractivity (Wildman–Crippen MR) is 113 cm³/mol. The van der Waals surface area contributed by atoms with Gasteiger partial charge in [-0.1, -0.05) is 24.3 Å². The summed E-state index contributed by atoms with van der Waals surface area (Å²) in [6, 6.07) is 11.7. The molecule has 0 spiro atoms. The quantitative estimate of drug-likeness (QED) is 0.686. The Morgan fingerprint density at radius 2 is 2.03 bits per heavy atom. The number of carbonyl (C=O) groups excluding carboxylic acids is 1. The topological polar surface area (TPSA) is 85.1 Å². The van der Waals surface area contributed by atoms with Crippen molar-refractivity contribution in [3.05, 3.63) is 65.1 Å². The van der Waals surface area contributed by atoms with Crippen LogP contribution in [0, 0.1) is 6.92 Å². The number of aliphatic hydroxyl groups excluding tert-OH is 1. The van der Waals surface area contributed by atoms with Crippen LogP contribution in [0.2, 0.25) is 0 Å². The summed E-state index contributed by atoms with van der Waals surface area (Å²) in [5.74, 6) is 0.576. The fraction of sp³-hybridized carbons (Fsp3) is 0.391. The lowest BCUT2D eigenvalue weighted by Crippen LogP contribution is -2.43. The molecule has 2 heterocycles. The summed E-state index contributed by atoms with van der Waals surface area (Å²) in [5, 5.41) is 12.5. The van der Waals surface area contributed by atoms with Gasteiger partial charge in [0.1, 0.15) is 6.10 Å². The van der Waals surface area contributed by atoms with E-state index < -0.39 is 23.8 Å². The summed E-state index contributed by atoms with van der Waals surface area (Å²) in [6.45, 7) is 7.47. The van der Waals surface area contributed by atoms with Crippen LogP contribution in [-0.2, 0) is 17.8 Å². The fourth-order valence-electron chi connectivity index (χ4n) is 3.86. The molecule has 2 atom stereocenters. The van der Waals surface area contributed by atoms with E-state index in [0.717, 1.165) is 22.5 Å². The van der Waals surface area contributed by atoms with Gasteiger partial charge < -0.3 is 19.9 Å². The first-order valence-corrected chi connectivity index (χ1v) is 10.1. The van der Waals surface area contributed by atoms with Crippen molar-refractivity contribution in [2.24, 2.45) is 0 Å². The van der Waals surface area contributed by atoms with Crippen molar-refractivity contribution in [2.75, 3.05) is 0 Å². The molecule has 1 aliphatic carbocycles. The molecule has 0 aliphatic heterocycles. The molecular formula is C23H27N3O4. The van der Waals surface area contributed by atoms with Crippen LogP contribution in [0.4, 0.5) is 4.79 Å². The van der Waals surface area contributed by atoms with Crippen LogP contribution in [0.25, 0.3) is 5.65 Å². The molecule has 7 nitrogen and oxygen atoms in total. The van der Waals surface area contributed by atoms with E-state index in [1.54, 1.807) is 0 Å². The second-order valence-corrected chi connectivity index (χ2v) is 8.63. The van der Waals surface area contributed by atoms with Gasteiger partial charge in [0.05, 0.1) is 18.0 Å². The molecule has 2 aromatic heterocycles. The molecule has 0 saturated carbocycles. The van der Waals surface area contributed by atoms with Crippen LogP contribution in [0.15, 0.2) is 42.6 Å². The lowest BCUT2D eigenvalue weighted by atomic mass is 10.1. The van der Waals surface area contributed by atoms with Crippen molar-refractivity contribution < 1.29 is 19.4 Å². The molecule has 0 radical (unpaired) electrons. The highest BCUT2D eigenvalue weighted by atomic mass is 16.6. The number of nitrogens with zero attached hydrogens (tertiary/aromatic N) is 2. The predicted octanol–water partition coefficient (Wildman–Crippen LogP) is 3.70. The molecule has 1 aliphatic rings. The highest BCUT2D eigenvalue weighted by Gasteiger charge is 2.38. The Hall–Kier alpha value is -3.06. The van der Waals surface area contributed by atoms with Crippen molar-refractivity contribution in [3.63, 3.8) is 0 Å². The number of fused-ring (bicyclic) bond motifs is 2. The van der Waals surface area contributed by atoms with E-state index in [4.69, 9.17) is 9.47 Å². The average Bonchev–Trinajstić information content (AvgIpc) is 3.17. The summed E-state index contributed by atoms with van der Waals surface area (Å²) < 4.78 is 14.0. The molecular weight excluding hydrogens is 382 g/mol. The number of ether oxygens (including phenoxy) is 2. The minimum Gasteiger partial charge on any atom is -0.478 e. The van der Waals surface area contributed by atoms with E-state index in [-0.39, 0.29) is 6.61 Å². The lowest BCUT2D eigenvalue weighted by Gasteiger charge is -2.25. The zero-order valence-electron chi connectivity index (χ0n) is 17.7. The summed E-state index contributed by atoms with van der Waals surface area (Å²) in [5.41, 5.74) is 3.80. The molecule has 3 aromatic rings. The first-order valence-electron chi connectivity index (χ1n) is 10.1. The first kappa shape index (κ1) is 20.2. The number of amides is 1. The van der Waals surface area contributed by atoms with Crippen LogP contribution >= 0.6 is 0 Å². The third kappa shape index (κ3) is 3.85. The van der Waals surface area contributed by atoms with Crippen LogP contribution in [0.1, 0.15) is 49.4 Å². The minimum absolute atomic E-state index is 0.110. The number of pyridine rings is 1. The molecule has 1 aromatic carbocycles. The number of aliphatic hydroxyl groups is 1. The maximum Gasteiger partial charge on any atom is 0.407 e. The molecule has 0 fully saturated rings. The average molecular weight is 409 g/mol. The Balaban J connectivity index is 1.66. The standard InChI is InChI=1S/C23H27N3O4/c1-14-17(13-27)26-11-7-10-18(21(26)24-14)29-20-16-9-6-5-8-15(16)12-19(20)30-22(28)25-23(2,3)4/h5-11,19-20,27H,12-13H2,1-4H3,(H,25,28). The van der Waals surface area contributed by atoms with Crippen molar-refractivity contribution in [3.8, 4) is 5.75 Å². The van der Waals surface area contributed by atoms with Gasteiger partial charge in [-0.3, -0.25) is 4.40 Å². The van der Waals surface area contributed by atoms with Crippen LogP contribution in [-0.4, -0.2) is 32.2 Å². The second kappa shape index (κ2) is 7.65. The molecule has 30 heavy (non-hydrogen) atoms. The Kier molecular flexibility index (Phi) is 5.15. The Morgan fingerprint density at radius 1 is 1.27 bits per heavy atom. The van der Waals surface area contributed by atoms with Crippen LogP contribution < -0.4 is 10.1 Å². The lowest BCUT2D eigenvalue weighted by molar-refractivity contribution is 0.0236. The van der Waals surface area contributed by atoms with Gasteiger partial charge >= 0.3 is 6.09 Å². The van der Waals surface area contributed by atoms with Crippen LogP contribution in [0.5, 0.6) is 5.75 Å². The summed E-state index contributed by atoms with van der Waals surface area (Å²) in [6.07, 6.45) is 1.05. The maximum absolute atomic E-state index is 12.4. The van der Waals surface area contributed by atoms with Gasteiger partial charge in [-0.2, -0.15) is 0 Å². The van der Waals surface area contributed by atoms with Gasteiger partial charge in [-0.05, 0) is 51.0 Å². The van der Waals surface area contributed by atoms with Gasteiger partial charge in [0, 0.05) is 18.2 Å². The van der Waals surface area contributed by atoms with Gasteiger partial charge in [-0.15, -0.1) is 0 Å². The van der Waals surface area contributed by atoms with Gasteiger partial charge in [-0.25, -0.2) is 9.78 Å². The number of aromatic nitrogens is 2. The van der Waals surface area contributed by atoms with E-state index in [9.17, 15) is 9.90 Å². The number of nitrogens with one attached hydrogen (secondary N) is 1. The minimum atomic E-state index is -0.466. The van der Waals surface area contributed by atoms with E-state index >= 15 is 0 Å². The Labute approximate surface area is 175 Å². The van der Waals surface area contributed by atoms with Crippen molar-refractivity contribution >= 4 is 11.7 Å². The number of hydrogen-bond donors (Lipinski definition) is 2. The molecule has 1 amide bonds. The van der Waals surface area contributed by atoms with E-state index in [1.165, 1.54) is 0 Å². The molecule has 7 heteroatoms. The molecule has 0 bridgehead atoms. The van der Waals surface area contributed by atoms with Crippen LogP contribution in [0.3, 0.4) is 0 Å². The SMILES string of the molecule is Cc1nc2c(OC3c4ccccc4CC3OC(=O)NC(C)(C)C)cccn2c1CO. The molecule has 4 rings (SSSR count). The van der Waals surface area contributed by atoms with Gasteiger partial charge in [0.25, 0.3) is 0 Å². The number of benzene rings is 1. The highest BCUT2D eigenvalue weighted by Crippen LogP contribution is 2.38. The van der Waals surface area contributed by atoms with Crippen molar-refractivity contribution in [2.45, 2.75) is 58.5 Å². The monoisotopic (exact) mass is 409 g/mol. The number of carbonyl (C=O) groups is 1. The van der Waals surface area contributed by atoms with E-state index in [1.807, 2.05) is 74.7 Å². The zero-order chi connectivity index (χ0) is 21.5. The van der Waals surface area contributed by atoms with Gasteiger partial charge in [0.15, 0.2) is 17.5 Å². The first-order chi connectivity index (χ1) is 14.3. The number of aryl methyl sites for hydroxylation is 1. The fourth-order valence-corrected chi connectivity index (χ4v) is 3.86. The molecule has 0 saturated heterocycles. The second-order valence-electron chi connectivity index (χ2n) is 8.63. The number of imidazole rings is 1. The smallest absolute Gasteiger partial charge is 0.407 e. The maximum atomic E-state index is 12.4. The number of hydrogen-bond acceptors (Lipinski definition) is 5. The third-order valence-electron chi connectivity index (χ3n) is 5.17. The van der Waals surface area contributed by atoms with Crippen molar-refractivity contribution in [1.82, 2.24) is 14.7 Å². The Bertz CT molecular complexity index is 1080. The summed E-state index contributed by atoms with van der Waals surface area (Å²) in [7, 11) is 0. The Morgan fingerprint density at radius 3 is 2.77 bits per heavy atom. The molecule has 2 N–H and O–H groups in total. The van der Waals surface area contributed by atoms with Gasteiger partial charge in [0.2, 0.25) is 0 Å². The zero-order valence-corrected chi connectivity index (χ0v) is 17.7. The number of alkyl carbamates (subject to hydrolysis) is 1. The summed E-state index contributed by atoms with van der Waals surface area (Å²) in [4.78, 5) is 17.0. The van der Waals surface area contributed by atoms with E-state index in [0.29, 0.717) is 17.8 Å². The summed E-state index contributed by atoms with van der Waals surface area (Å²) >= 11 is 0. The normalized spacial score (nSPS) is 18.3. The van der Waals surface area contributed by atoms with E-state index in [2.05, 4.69) is 10.3 Å². The third-order valence-corrected chi connectivity index (χ3v) is 5.17. The highest BCUT2D eigenvalue weighted by molar-refractivity contribution is 5.68. The van der Waals surface area contributed by atoms with Crippen molar-refractivity contribution in [1.29, 1.82) is 0 Å². The number of rotatable bonds is 4. The largest absolute Gasteiger partial charge is 0.478 e. The molecule has 158 valence electrons.